The van der Waals surface area contributed by atoms with Crippen molar-refractivity contribution in [2.24, 2.45) is 0 Å². The molecule has 1 amide bonds. The zero-order valence-corrected chi connectivity index (χ0v) is 18.1. The largest absolute Gasteiger partial charge is 0.338 e. The van der Waals surface area contributed by atoms with Crippen molar-refractivity contribution in [1.82, 2.24) is 14.9 Å². The molecule has 4 nitrogen and oxygen atoms in total. The van der Waals surface area contributed by atoms with E-state index < -0.39 is 0 Å². The van der Waals surface area contributed by atoms with Crippen molar-refractivity contribution in [2.45, 2.75) is 32.1 Å². The first kappa shape index (κ1) is 20.0. The average Bonchev–Trinajstić information content (AvgIpc) is 2.96. The predicted molar refractivity (Wildman–Crippen MR) is 123 cm³/mol. The van der Waals surface area contributed by atoms with Crippen LogP contribution in [-0.2, 0) is 24.1 Å². The molecule has 2 aromatic heterocycles. The Morgan fingerprint density at radius 3 is 2.71 bits per heavy atom. The molecule has 3 heterocycles. The summed E-state index contributed by atoms with van der Waals surface area (Å²) in [6.45, 7) is 1.45. The van der Waals surface area contributed by atoms with E-state index in [1.165, 1.54) is 27.8 Å². The second-order valence-electron chi connectivity index (χ2n) is 8.24. The maximum atomic E-state index is 13.0. The summed E-state index contributed by atoms with van der Waals surface area (Å²) in [6.07, 6.45) is 9.58. The molecule has 5 rings (SSSR count). The minimum Gasteiger partial charge on any atom is -0.338 e. The minimum atomic E-state index is 0.162. The van der Waals surface area contributed by atoms with E-state index in [-0.39, 0.29) is 5.91 Å². The third kappa shape index (κ3) is 4.13. The smallest absolute Gasteiger partial charge is 0.227 e. The number of pyridine rings is 2. The Bertz CT molecular complexity index is 1160. The normalized spacial score (nSPS) is 18.2. The summed E-state index contributed by atoms with van der Waals surface area (Å²) in [5.41, 5.74) is 8.27. The van der Waals surface area contributed by atoms with Gasteiger partial charge in [-0.2, -0.15) is 0 Å². The minimum absolute atomic E-state index is 0.162. The lowest BCUT2D eigenvalue weighted by molar-refractivity contribution is -0.130. The van der Waals surface area contributed by atoms with Crippen molar-refractivity contribution in [3.63, 3.8) is 0 Å². The molecule has 0 radical (unpaired) electrons. The second kappa shape index (κ2) is 8.64. The van der Waals surface area contributed by atoms with Gasteiger partial charge in [0.2, 0.25) is 5.91 Å². The van der Waals surface area contributed by atoms with E-state index in [0.29, 0.717) is 13.0 Å². The molecular weight excluding hydrogens is 406 g/mol. The van der Waals surface area contributed by atoms with Crippen molar-refractivity contribution >= 4 is 23.1 Å². The van der Waals surface area contributed by atoms with Gasteiger partial charge in [-0.1, -0.05) is 23.7 Å². The SMILES string of the molecule is O=C(Cc1ccncc1)N1CCC/C(=C2\c3ccc(Cl)cc3CCc3cccnc32)C1. The van der Waals surface area contributed by atoms with E-state index in [9.17, 15) is 4.79 Å². The van der Waals surface area contributed by atoms with E-state index in [1.54, 1.807) is 12.4 Å². The van der Waals surface area contributed by atoms with Crippen molar-refractivity contribution in [3.8, 4) is 0 Å². The Kier molecular flexibility index (Phi) is 5.56. The van der Waals surface area contributed by atoms with Crippen LogP contribution in [0.4, 0.5) is 0 Å². The number of benzene rings is 1. The van der Waals surface area contributed by atoms with Gasteiger partial charge in [-0.15, -0.1) is 0 Å². The summed E-state index contributed by atoms with van der Waals surface area (Å²) in [5, 5.41) is 0.764. The zero-order chi connectivity index (χ0) is 21.2. The Labute approximate surface area is 187 Å². The Morgan fingerprint density at radius 1 is 1.00 bits per heavy atom. The van der Waals surface area contributed by atoms with Crippen LogP contribution >= 0.6 is 11.6 Å². The fraction of sp³-hybridized carbons (Fsp3) is 0.269. The molecule has 1 aromatic carbocycles. The number of amides is 1. The van der Waals surface area contributed by atoms with Gasteiger partial charge in [-0.05, 0) is 83.8 Å². The van der Waals surface area contributed by atoms with Crippen LogP contribution in [0.25, 0.3) is 5.57 Å². The van der Waals surface area contributed by atoms with Gasteiger partial charge < -0.3 is 4.90 Å². The van der Waals surface area contributed by atoms with Crippen LogP contribution in [0.3, 0.4) is 0 Å². The van der Waals surface area contributed by atoms with Crippen molar-refractivity contribution in [3.05, 3.63) is 99.6 Å². The summed E-state index contributed by atoms with van der Waals surface area (Å²) in [5.74, 6) is 0.162. The molecule has 5 heteroatoms. The molecule has 3 aromatic rings. The Morgan fingerprint density at radius 2 is 1.84 bits per heavy atom. The Hall–Kier alpha value is -2.98. The fourth-order valence-corrected chi connectivity index (χ4v) is 4.90. The van der Waals surface area contributed by atoms with Gasteiger partial charge in [0.15, 0.2) is 0 Å². The molecule has 31 heavy (non-hydrogen) atoms. The molecule has 0 bridgehead atoms. The Balaban J connectivity index is 1.54. The molecule has 0 N–H and O–H groups in total. The highest BCUT2D eigenvalue weighted by atomic mass is 35.5. The maximum Gasteiger partial charge on any atom is 0.227 e. The van der Waals surface area contributed by atoms with E-state index in [0.717, 1.165) is 48.5 Å². The van der Waals surface area contributed by atoms with Crippen LogP contribution in [0.1, 0.15) is 40.8 Å². The zero-order valence-electron chi connectivity index (χ0n) is 17.4. The van der Waals surface area contributed by atoms with Crippen LogP contribution in [-0.4, -0.2) is 33.9 Å². The van der Waals surface area contributed by atoms with Crippen molar-refractivity contribution in [1.29, 1.82) is 0 Å². The quantitative estimate of drug-likeness (QED) is 0.582. The van der Waals surface area contributed by atoms with Gasteiger partial charge in [0, 0.05) is 42.3 Å². The number of aromatic nitrogens is 2. The predicted octanol–water partition coefficient (Wildman–Crippen LogP) is 4.90. The average molecular weight is 430 g/mol. The second-order valence-corrected chi connectivity index (χ2v) is 8.68. The molecule has 2 aliphatic rings. The molecule has 1 aliphatic heterocycles. The highest BCUT2D eigenvalue weighted by molar-refractivity contribution is 6.30. The van der Waals surface area contributed by atoms with Crippen LogP contribution in [0.15, 0.2) is 66.6 Å². The summed E-state index contributed by atoms with van der Waals surface area (Å²) < 4.78 is 0. The molecule has 1 fully saturated rings. The van der Waals surface area contributed by atoms with E-state index in [2.05, 4.69) is 23.2 Å². The van der Waals surface area contributed by atoms with Gasteiger partial charge >= 0.3 is 0 Å². The van der Waals surface area contributed by atoms with Crippen LogP contribution in [0.2, 0.25) is 5.02 Å². The first-order valence-corrected chi connectivity index (χ1v) is 11.2. The standard InChI is InChI=1S/C26H24ClN3O/c27-22-7-8-23-20(16-22)6-5-19-3-1-11-29-26(19)25(23)21-4-2-14-30(17-21)24(31)15-18-9-12-28-13-10-18/h1,3,7-13,16H,2,4-6,14-15,17H2/b25-21-. The number of carbonyl (C=O) groups excluding carboxylic acids is 1. The van der Waals surface area contributed by atoms with E-state index in [4.69, 9.17) is 16.6 Å². The summed E-state index contributed by atoms with van der Waals surface area (Å²) in [6, 6.07) is 14.2. The topological polar surface area (TPSA) is 46.1 Å². The molecule has 156 valence electrons. The molecule has 1 saturated heterocycles. The molecular formula is C26H24ClN3O. The number of rotatable bonds is 2. The van der Waals surface area contributed by atoms with E-state index >= 15 is 0 Å². The van der Waals surface area contributed by atoms with Crippen molar-refractivity contribution < 1.29 is 4.79 Å². The maximum absolute atomic E-state index is 13.0. The lowest BCUT2D eigenvalue weighted by atomic mass is 9.89. The van der Waals surface area contributed by atoms with Crippen molar-refractivity contribution in [2.75, 3.05) is 13.1 Å². The number of carbonyl (C=O) groups is 1. The van der Waals surface area contributed by atoms with Gasteiger partial charge in [0.05, 0.1) is 12.1 Å². The monoisotopic (exact) mass is 429 g/mol. The number of halogens is 1. The van der Waals surface area contributed by atoms with Crippen LogP contribution in [0.5, 0.6) is 0 Å². The van der Waals surface area contributed by atoms with Gasteiger partial charge in [0.1, 0.15) is 0 Å². The van der Waals surface area contributed by atoms with Gasteiger partial charge in [0.25, 0.3) is 0 Å². The number of hydrogen-bond donors (Lipinski definition) is 0. The number of fused-ring (bicyclic) bond motifs is 2. The number of nitrogens with zero attached hydrogens (tertiary/aromatic N) is 3. The highest BCUT2D eigenvalue weighted by Gasteiger charge is 2.27. The van der Waals surface area contributed by atoms with E-state index in [1.807, 2.05) is 35.4 Å². The number of piperidine rings is 1. The van der Waals surface area contributed by atoms with Crippen LogP contribution < -0.4 is 0 Å². The first-order valence-electron chi connectivity index (χ1n) is 10.8. The van der Waals surface area contributed by atoms with Gasteiger partial charge in [-0.3, -0.25) is 14.8 Å². The molecule has 0 unspecified atom stereocenters. The third-order valence-corrected chi connectivity index (χ3v) is 6.46. The molecule has 0 saturated carbocycles. The first-order chi connectivity index (χ1) is 15.2. The lowest BCUT2D eigenvalue weighted by Crippen LogP contribution is -2.38. The highest BCUT2D eigenvalue weighted by Crippen LogP contribution is 2.38. The molecule has 0 spiro atoms. The number of hydrogen-bond acceptors (Lipinski definition) is 3. The van der Waals surface area contributed by atoms with Gasteiger partial charge in [-0.25, -0.2) is 0 Å². The summed E-state index contributed by atoms with van der Waals surface area (Å²) in [7, 11) is 0. The summed E-state index contributed by atoms with van der Waals surface area (Å²) in [4.78, 5) is 23.9. The number of aryl methyl sites for hydroxylation is 2. The summed E-state index contributed by atoms with van der Waals surface area (Å²) >= 11 is 6.33. The molecule has 1 aliphatic carbocycles. The van der Waals surface area contributed by atoms with Crippen LogP contribution in [0, 0.1) is 0 Å². The third-order valence-electron chi connectivity index (χ3n) is 6.23. The number of likely N-dealkylation sites (tertiary alicyclic amines) is 1. The fourth-order valence-electron chi connectivity index (χ4n) is 4.71. The molecule has 0 atom stereocenters. The lowest BCUT2D eigenvalue weighted by Gasteiger charge is -2.31.